The maximum absolute atomic E-state index is 5.95. The summed E-state index contributed by atoms with van der Waals surface area (Å²) in [4.78, 5) is 4.64. The van der Waals surface area contributed by atoms with E-state index in [4.69, 9.17) is 5.73 Å². The number of fused-ring (bicyclic) bond motifs is 1. The molecule has 3 aromatic rings. The van der Waals surface area contributed by atoms with E-state index in [9.17, 15) is 0 Å². The van der Waals surface area contributed by atoms with Crippen molar-refractivity contribution < 1.29 is 0 Å². The van der Waals surface area contributed by atoms with E-state index in [1.807, 2.05) is 38.4 Å². The highest BCUT2D eigenvalue weighted by atomic mass is 32.2. The Labute approximate surface area is 120 Å². The molecular formula is C12H15N7S. The van der Waals surface area contributed by atoms with Crippen molar-refractivity contribution in [3.8, 4) is 0 Å². The predicted octanol–water partition coefficient (Wildman–Crippen LogP) is 0.899. The molecule has 8 heteroatoms. The summed E-state index contributed by atoms with van der Waals surface area (Å²) in [6.07, 6.45) is 2.75. The SMILES string of the molecule is CC(N)Cc1c(Sc2nnnn2C)nc2ccccn12. The molecule has 0 bridgehead atoms. The summed E-state index contributed by atoms with van der Waals surface area (Å²) in [7, 11) is 1.81. The molecule has 1 unspecified atom stereocenters. The lowest BCUT2D eigenvalue weighted by molar-refractivity contribution is 0.663. The van der Waals surface area contributed by atoms with E-state index in [2.05, 4.69) is 24.9 Å². The normalized spacial score (nSPS) is 12.9. The van der Waals surface area contributed by atoms with Crippen molar-refractivity contribution in [3.05, 3.63) is 30.1 Å². The summed E-state index contributed by atoms with van der Waals surface area (Å²) in [6.45, 7) is 1.99. The molecule has 0 fully saturated rings. The number of nitrogens with two attached hydrogens (primary N) is 1. The molecule has 0 saturated carbocycles. The zero-order chi connectivity index (χ0) is 14.1. The number of aromatic nitrogens is 6. The molecule has 0 radical (unpaired) electrons. The Kier molecular flexibility index (Phi) is 3.41. The summed E-state index contributed by atoms with van der Waals surface area (Å²) in [5, 5.41) is 13.1. The predicted molar refractivity (Wildman–Crippen MR) is 75.5 cm³/mol. The number of aryl methyl sites for hydroxylation is 1. The van der Waals surface area contributed by atoms with Crippen molar-refractivity contribution in [1.29, 1.82) is 0 Å². The van der Waals surface area contributed by atoms with Gasteiger partial charge in [-0.1, -0.05) is 6.07 Å². The summed E-state index contributed by atoms with van der Waals surface area (Å²) < 4.78 is 3.69. The van der Waals surface area contributed by atoms with Crippen LogP contribution in [0.4, 0.5) is 0 Å². The van der Waals surface area contributed by atoms with Crippen molar-refractivity contribution in [2.24, 2.45) is 12.8 Å². The van der Waals surface area contributed by atoms with Gasteiger partial charge in [0.15, 0.2) is 0 Å². The molecule has 0 aromatic carbocycles. The largest absolute Gasteiger partial charge is 0.328 e. The van der Waals surface area contributed by atoms with Gasteiger partial charge in [0, 0.05) is 25.7 Å². The molecule has 104 valence electrons. The highest BCUT2D eigenvalue weighted by Gasteiger charge is 2.16. The van der Waals surface area contributed by atoms with Crippen LogP contribution in [0.3, 0.4) is 0 Å². The number of hydrogen-bond acceptors (Lipinski definition) is 6. The molecule has 7 nitrogen and oxygen atoms in total. The van der Waals surface area contributed by atoms with Crippen molar-refractivity contribution in [2.75, 3.05) is 0 Å². The second-order valence-corrected chi connectivity index (χ2v) is 5.62. The molecule has 0 aliphatic heterocycles. The topological polar surface area (TPSA) is 86.9 Å². The molecule has 0 saturated heterocycles. The van der Waals surface area contributed by atoms with Gasteiger partial charge in [-0.25, -0.2) is 9.67 Å². The fourth-order valence-electron chi connectivity index (χ4n) is 1.99. The van der Waals surface area contributed by atoms with Crippen molar-refractivity contribution >= 4 is 17.4 Å². The van der Waals surface area contributed by atoms with Gasteiger partial charge in [0.05, 0.1) is 5.69 Å². The first kappa shape index (κ1) is 13.1. The van der Waals surface area contributed by atoms with Gasteiger partial charge in [0.25, 0.3) is 0 Å². The van der Waals surface area contributed by atoms with Crippen LogP contribution in [-0.2, 0) is 13.5 Å². The van der Waals surface area contributed by atoms with E-state index in [1.165, 1.54) is 11.8 Å². The van der Waals surface area contributed by atoms with Crippen molar-refractivity contribution in [1.82, 2.24) is 29.6 Å². The maximum Gasteiger partial charge on any atom is 0.215 e. The van der Waals surface area contributed by atoms with Gasteiger partial charge in [-0.2, -0.15) is 0 Å². The van der Waals surface area contributed by atoms with E-state index in [1.54, 1.807) is 4.68 Å². The van der Waals surface area contributed by atoms with Crippen LogP contribution in [0.2, 0.25) is 0 Å². The number of nitrogens with zero attached hydrogens (tertiary/aromatic N) is 6. The average Bonchev–Trinajstić information content (AvgIpc) is 2.96. The second-order valence-electron chi connectivity index (χ2n) is 4.66. The molecule has 3 aromatic heterocycles. The van der Waals surface area contributed by atoms with Gasteiger partial charge in [-0.15, -0.1) is 5.10 Å². The molecule has 0 aliphatic rings. The lowest BCUT2D eigenvalue weighted by Crippen LogP contribution is -2.19. The zero-order valence-electron chi connectivity index (χ0n) is 11.3. The van der Waals surface area contributed by atoms with Crippen LogP contribution >= 0.6 is 11.8 Å². The fourth-order valence-corrected chi connectivity index (χ4v) is 2.85. The third-order valence-corrected chi connectivity index (χ3v) is 3.93. The Bertz CT molecular complexity index is 730. The number of hydrogen-bond donors (Lipinski definition) is 1. The van der Waals surface area contributed by atoms with E-state index < -0.39 is 0 Å². The van der Waals surface area contributed by atoms with Gasteiger partial charge in [-0.3, -0.25) is 0 Å². The molecule has 0 aliphatic carbocycles. The highest BCUT2D eigenvalue weighted by molar-refractivity contribution is 7.99. The highest BCUT2D eigenvalue weighted by Crippen LogP contribution is 2.29. The molecular weight excluding hydrogens is 274 g/mol. The van der Waals surface area contributed by atoms with Crippen LogP contribution in [-0.4, -0.2) is 35.6 Å². The number of rotatable bonds is 4. The quantitative estimate of drug-likeness (QED) is 0.768. The minimum absolute atomic E-state index is 0.0621. The fraction of sp³-hybridized carbons (Fsp3) is 0.333. The molecule has 3 rings (SSSR count). The van der Waals surface area contributed by atoms with Crippen molar-refractivity contribution in [3.63, 3.8) is 0 Å². The monoisotopic (exact) mass is 289 g/mol. The first-order valence-corrected chi connectivity index (χ1v) is 7.08. The maximum atomic E-state index is 5.95. The van der Waals surface area contributed by atoms with Crippen LogP contribution in [0.5, 0.6) is 0 Å². The Morgan fingerprint density at radius 2 is 2.25 bits per heavy atom. The first-order valence-electron chi connectivity index (χ1n) is 6.27. The second kappa shape index (κ2) is 5.22. The first-order chi connectivity index (χ1) is 9.65. The van der Waals surface area contributed by atoms with E-state index in [0.29, 0.717) is 5.16 Å². The lowest BCUT2D eigenvalue weighted by atomic mass is 10.2. The standard InChI is InChI=1S/C12H15N7S/c1-8(13)7-9-11(20-12-15-16-17-18(12)2)14-10-5-3-4-6-19(9)10/h3-6,8H,7,13H2,1-2H3. The van der Waals surface area contributed by atoms with Crippen LogP contribution in [0, 0.1) is 0 Å². The van der Waals surface area contributed by atoms with Gasteiger partial charge in [0.1, 0.15) is 10.7 Å². The number of pyridine rings is 1. The molecule has 0 spiro atoms. The summed E-state index contributed by atoms with van der Waals surface area (Å²) >= 11 is 1.45. The van der Waals surface area contributed by atoms with Gasteiger partial charge < -0.3 is 10.1 Å². The van der Waals surface area contributed by atoms with Crippen LogP contribution in [0.15, 0.2) is 34.6 Å². The Hall–Kier alpha value is -1.93. The van der Waals surface area contributed by atoms with Crippen molar-refractivity contribution in [2.45, 2.75) is 29.6 Å². The Morgan fingerprint density at radius 1 is 1.40 bits per heavy atom. The van der Waals surface area contributed by atoms with Gasteiger partial charge in [-0.05, 0) is 41.2 Å². The zero-order valence-corrected chi connectivity index (χ0v) is 12.1. The third kappa shape index (κ3) is 2.39. The minimum Gasteiger partial charge on any atom is -0.328 e. The average molecular weight is 289 g/mol. The van der Waals surface area contributed by atoms with Gasteiger partial charge >= 0.3 is 0 Å². The molecule has 1 atom stereocenters. The Morgan fingerprint density at radius 3 is 2.95 bits per heavy atom. The lowest BCUT2D eigenvalue weighted by Gasteiger charge is -2.07. The number of tetrazole rings is 1. The number of imidazole rings is 1. The van der Waals surface area contributed by atoms with E-state index in [0.717, 1.165) is 22.8 Å². The minimum atomic E-state index is 0.0621. The van der Waals surface area contributed by atoms with Gasteiger partial charge in [0.2, 0.25) is 5.16 Å². The van der Waals surface area contributed by atoms with Crippen LogP contribution in [0.1, 0.15) is 12.6 Å². The molecule has 2 N–H and O–H groups in total. The summed E-state index contributed by atoms with van der Waals surface area (Å²) in [5.41, 5.74) is 7.94. The van der Waals surface area contributed by atoms with Crippen LogP contribution in [0.25, 0.3) is 5.65 Å². The molecule has 20 heavy (non-hydrogen) atoms. The van der Waals surface area contributed by atoms with E-state index >= 15 is 0 Å². The smallest absolute Gasteiger partial charge is 0.215 e. The third-order valence-electron chi connectivity index (χ3n) is 2.88. The Balaban J connectivity index is 2.06. The summed E-state index contributed by atoms with van der Waals surface area (Å²) in [5.74, 6) is 0. The van der Waals surface area contributed by atoms with Crippen LogP contribution < -0.4 is 5.73 Å². The van der Waals surface area contributed by atoms with E-state index in [-0.39, 0.29) is 6.04 Å². The molecule has 0 amide bonds. The molecule has 3 heterocycles. The summed E-state index contributed by atoms with van der Waals surface area (Å²) in [6, 6.07) is 5.99.